The summed E-state index contributed by atoms with van der Waals surface area (Å²) in [4.78, 5) is 16.8. The van der Waals surface area contributed by atoms with Crippen LogP contribution in [0, 0.1) is 24.7 Å². The molecule has 0 spiro atoms. The number of hydrogen-bond acceptors (Lipinski definition) is 5. The number of allylic oxidation sites excluding steroid dienone is 1. The largest absolute Gasteiger partial charge is 0.394 e. The van der Waals surface area contributed by atoms with Gasteiger partial charge in [-0.2, -0.15) is 9.49 Å². The standard InChI is InChI=1S/C26H38FN5O2Si/c1-6-20-22(16(2)31-32(20)15-34-13-14-35(3,4)5)19-11-12-21(29-25(19)27)30-26(33)24(28)23(17-7-8-17)18-9-10-18/h11-12,17-18H,6-10,13-15,28H2,1-5H3,(H,29,30,33). The highest BCUT2D eigenvalue weighted by molar-refractivity contribution is 6.76. The average Bonchev–Trinajstić information content (AvgIpc) is 3.71. The molecule has 0 radical (unpaired) electrons. The first kappa shape index (κ1) is 25.6. The first-order chi connectivity index (χ1) is 16.6. The molecule has 4 rings (SSSR count). The number of carbonyl (C=O) groups is 1. The molecule has 3 N–H and O–H groups in total. The molecule has 0 unspecified atom stereocenters. The molecule has 2 saturated carbocycles. The Morgan fingerprint density at radius 2 is 1.89 bits per heavy atom. The third-order valence-electron chi connectivity index (χ3n) is 6.73. The lowest BCUT2D eigenvalue weighted by atomic mass is 10.0. The zero-order valence-corrected chi connectivity index (χ0v) is 22.6. The van der Waals surface area contributed by atoms with E-state index in [0.717, 1.165) is 54.3 Å². The minimum atomic E-state index is -1.17. The average molecular weight is 500 g/mol. The van der Waals surface area contributed by atoms with Gasteiger partial charge in [0, 0.05) is 31.5 Å². The lowest BCUT2D eigenvalue weighted by Gasteiger charge is -2.16. The predicted octanol–water partition coefficient (Wildman–Crippen LogP) is 5.24. The first-order valence-electron chi connectivity index (χ1n) is 12.7. The Labute approximate surface area is 208 Å². The molecular weight excluding hydrogens is 461 g/mol. The van der Waals surface area contributed by atoms with Crippen molar-refractivity contribution in [2.75, 3.05) is 11.9 Å². The minimum absolute atomic E-state index is 0.155. The molecule has 0 bridgehead atoms. The second kappa shape index (κ2) is 10.2. The van der Waals surface area contributed by atoms with E-state index in [1.54, 1.807) is 12.1 Å². The molecule has 2 aromatic heterocycles. The van der Waals surface area contributed by atoms with Crippen LogP contribution < -0.4 is 11.1 Å². The van der Waals surface area contributed by atoms with Gasteiger partial charge in [-0.1, -0.05) is 26.6 Å². The number of hydrogen-bond donors (Lipinski definition) is 2. The highest BCUT2D eigenvalue weighted by atomic mass is 28.3. The Balaban J connectivity index is 1.49. The van der Waals surface area contributed by atoms with E-state index in [9.17, 15) is 4.79 Å². The molecule has 2 heterocycles. The van der Waals surface area contributed by atoms with Crippen LogP contribution >= 0.6 is 0 Å². The number of nitrogens with two attached hydrogens (primary N) is 1. The van der Waals surface area contributed by atoms with Crippen LogP contribution in [-0.2, 0) is 22.7 Å². The van der Waals surface area contributed by atoms with Crippen molar-refractivity contribution in [3.8, 4) is 11.1 Å². The fourth-order valence-corrected chi connectivity index (χ4v) is 5.30. The molecular formula is C26H38FN5O2Si. The zero-order chi connectivity index (χ0) is 25.3. The third-order valence-corrected chi connectivity index (χ3v) is 8.43. The van der Waals surface area contributed by atoms with E-state index in [2.05, 4.69) is 35.0 Å². The van der Waals surface area contributed by atoms with E-state index in [0.29, 0.717) is 37.2 Å². The maximum Gasteiger partial charge on any atom is 0.272 e. The number of ether oxygens (including phenoxy) is 1. The number of nitrogens with one attached hydrogen (secondary N) is 1. The Hall–Kier alpha value is -2.52. The topological polar surface area (TPSA) is 95.1 Å². The van der Waals surface area contributed by atoms with Crippen molar-refractivity contribution in [1.29, 1.82) is 0 Å². The summed E-state index contributed by atoms with van der Waals surface area (Å²) in [5.74, 6) is -0.0133. The summed E-state index contributed by atoms with van der Waals surface area (Å²) in [6.45, 7) is 11.9. The van der Waals surface area contributed by atoms with Gasteiger partial charge >= 0.3 is 0 Å². The summed E-state index contributed by atoms with van der Waals surface area (Å²) in [6.07, 6.45) is 5.06. The number of rotatable bonds is 11. The number of amides is 1. The van der Waals surface area contributed by atoms with Gasteiger partial charge in [0.15, 0.2) is 0 Å². The van der Waals surface area contributed by atoms with Crippen LogP contribution in [0.4, 0.5) is 10.2 Å². The molecule has 1 amide bonds. The monoisotopic (exact) mass is 499 g/mol. The van der Waals surface area contributed by atoms with Gasteiger partial charge in [-0.05, 0) is 74.6 Å². The van der Waals surface area contributed by atoms with Gasteiger partial charge in [-0.25, -0.2) is 9.67 Å². The fourth-order valence-electron chi connectivity index (χ4n) is 4.54. The van der Waals surface area contributed by atoms with E-state index >= 15 is 4.39 Å². The molecule has 2 fully saturated rings. The van der Waals surface area contributed by atoms with Crippen LogP contribution in [0.5, 0.6) is 0 Å². The molecule has 0 aliphatic heterocycles. The normalized spacial score (nSPS) is 15.8. The predicted molar refractivity (Wildman–Crippen MR) is 139 cm³/mol. The van der Waals surface area contributed by atoms with Crippen LogP contribution in [0.3, 0.4) is 0 Å². The van der Waals surface area contributed by atoms with Gasteiger partial charge in [0.25, 0.3) is 5.91 Å². The molecule has 9 heteroatoms. The molecule has 2 aromatic rings. The molecule has 0 atom stereocenters. The van der Waals surface area contributed by atoms with Crippen molar-refractivity contribution in [2.45, 2.75) is 78.4 Å². The van der Waals surface area contributed by atoms with Crippen LogP contribution in [0.15, 0.2) is 23.4 Å². The molecule has 0 saturated heterocycles. The van der Waals surface area contributed by atoms with E-state index < -0.39 is 19.9 Å². The summed E-state index contributed by atoms with van der Waals surface area (Å²) in [6, 6.07) is 4.36. The van der Waals surface area contributed by atoms with E-state index in [4.69, 9.17) is 10.5 Å². The number of carbonyl (C=O) groups excluding carboxylic acids is 1. The summed E-state index contributed by atoms with van der Waals surface area (Å²) in [5, 5.41) is 7.30. The second-order valence-corrected chi connectivity index (χ2v) is 16.6. The van der Waals surface area contributed by atoms with Crippen molar-refractivity contribution < 1.29 is 13.9 Å². The lowest BCUT2D eigenvalue weighted by molar-refractivity contribution is -0.113. The fraction of sp³-hybridized carbons (Fsp3) is 0.577. The van der Waals surface area contributed by atoms with Gasteiger partial charge in [0.05, 0.1) is 11.4 Å². The van der Waals surface area contributed by atoms with Crippen molar-refractivity contribution in [3.63, 3.8) is 0 Å². The number of nitrogens with zero attached hydrogens (tertiary/aromatic N) is 3. The van der Waals surface area contributed by atoms with Crippen LogP contribution in [-0.4, -0.2) is 35.4 Å². The lowest BCUT2D eigenvalue weighted by Crippen LogP contribution is -2.24. The third kappa shape index (κ3) is 6.19. The quantitative estimate of drug-likeness (QED) is 0.191. The second-order valence-electron chi connectivity index (χ2n) is 11.0. The van der Waals surface area contributed by atoms with Gasteiger partial charge in [0.1, 0.15) is 12.5 Å². The van der Waals surface area contributed by atoms with Crippen molar-refractivity contribution in [2.24, 2.45) is 17.6 Å². The van der Waals surface area contributed by atoms with Gasteiger partial charge < -0.3 is 15.8 Å². The summed E-state index contributed by atoms with van der Waals surface area (Å²) < 4.78 is 22.9. The van der Waals surface area contributed by atoms with E-state index in [1.165, 1.54) is 0 Å². The summed E-state index contributed by atoms with van der Waals surface area (Å²) in [5.41, 5.74) is 10.3. The van der Waals surface area contributed by atoms with Crippen molar-refractivity contribution in [1.82, 2.24) is 14.8 Å². The molecule has 2 aliphatic rings. The number of pyridine rings is 1. The first-order valence-corrected chi connectivity index (χ1v) is 16.4. The van der Waals surface area contributed by atoms with E-state index in [1.807, 2.05) is 18.5 Å². The molecule has 35 heavy (non-hydrogen) atoms. The van der Waals surface area contributed by atoms with Gasteiger partial charge in [-0.15, -0.1) is 0 Å². The summed E-state index contributed by atoms with van der Waals surface area (Å²) >= 11 is 0. The molecule has 7 nitrogen and oxygen atoms in total. The number of aromatic nitrogens is 3. The van der Waals surface area contributed by atoms with Crippen LogP contribution in [0.1, 0.15) is 44.0 Å². The van der Waals surface area contributed by atoms with Crippen LogP contribution in [0.2, 0.25) is 25.7 Å². The maximum atomic E-state index is 15.2. The molecule has 190 valence electrons. The SMILES string of the molecule is CCc1c(-c2ccc(NC(=O)C(N)=C(C3CC3)C3CC3)nc2F)c(C)nn1COCC[Si](C)(C)C. The highest BCUT2D eigenvalue weighted by Crippen LogP contribution is 2.49. The number of halogens is 1. The van der Waals surface area contributed by atoms with Gasteiger partial charge in [-0.3, -0.25) is 4.79 Å². The van der Waals surface area contributed by atoms with Crippen molar-refractivity contribution >= 4 is 19.8 Å². The highest BCUT2D eigenvalue weighted by Gasteiger charge is 2.39. The van der Waals surface area contributed by atoms with Crippen LogP contribution in [0.25, 0.3) is 11.1 Å². The smallest absolute Gasteiger partial charge is 0.272 e. The zero-order valence-electron chi connectivity index (χ0n) is 21.6. The Morgan fingerprint density at radius 1 is 1.23 bits per heavy atom. The Kier molecular flexibility index (Phi) is 7.47. The van der Waals surface area contributed by atoms with E-state index in [-0.39, 0.29) is 11.5 Å². The minimum Gasteiger partial charge on any atom is -0.394 e. The van der Waals surface area contributed by atoms with Gasteiger partial charge in [0.2, 0.25) is 5.95 Å². The summed E-state index contributed by atoms with van der Waals surface area (Å²) in [7, 11) is -1.17. The maximum absolute atomic E-state index is 15.2. The molecule has 0 aromatic carbocycles. The Morgan fingerprint density at radius 3 is 2.43 bits per heavy atom. The van der Waals surface area contributed by atoms with Crippen molar-refractivity contribution in [3.05, 3.63) is 40.7 Å². The molecule has 2 aliphatic carbocycles. The Bertz CT molecular complexity index is 1120. The number of anilines is 1. The number of aryl methyl sites for hydroxylation is 1.